The second kappa shape index (κ2) is 7.86. The van der Waals surface area contributed by atoms with Crippen molar-refractivity contribution in [2.45, 2.75) is 77.9 Å². The number of allylic oxidation sites excluding steroid dienone is 1. The summed E-state index contributed by atoms with van der Waals surface area (Å²) in [5.41, 5.74) is 0.139. The Labute approximate surface area is 147 Å². The Morgan fingerprint density at radius 3 is 2.67 bits per heavy atom. The van der Waals surface area contributed by atoms with Crippen molar-refractivity contribution < 1.29 is 14.6 Å². The molecule has 1 N–H and O–H groups in total. The van der Waals surface area contributed by atoms with Crippen LogP contribution in [0.25, 0.3) is 0 Å². The molecule has 2 aliphatic carbocycles. The maximum atomic E-state index is 11.4. The molecule has 5 atom stereocenters. The number of hydrogen-bond donors (Lipinski definition) is 1. The fourth-order valence-corrected chi connectivity index (χ4v) is 4.52. The summed E-state index contributed by atoms with van der Waals surface area (Å²) in [5.74, 6) is 2.30. The summed E-state index contributed by atoms with van der Waals surface area (Å²) in [4.78, 5) is 11.4. The van der Waals surface area contributed by atoms with Gasteiger partial charge in [-0.3, -0.25) is 4.79 Å². The molecule has 0 radical (unpaired) electrons. The van der Waals surface area contributed by atoms with Crippen LogP contribution in [0.2, 0.25) is 0 Å². The molecule has 136 valence electrons. The first-order chi connectivity index (χ1) is 11.2. The van der Waals surface area contributed by atoms with Gasteiger partial charge in [-0.25, -0.2) is 0 Å². The molecule has 24 heavy (non-hydrogen) atoms. The van der Waals surface area contributed by atoms with Gasteiger partial charge in [0, 0.05) is 6.92 Å². The highest BCUT2D eigenvalue weighted by atomic mass is 16.5. The van der Waals surface area contributed by atoms with Crippen LogP contribution in [-0.2, 0) is 9.53 Å². The van der Waals surface area contributed by atoms with Crippen LogP contribution < -0.4 is 0 Å². The standard InChI is InChI=1S/C21H34O3/c1-14(2)18-9-7-17-10-12-21(5,23)13-11-20(24-16(4)22)15(3)6-8-19(17)18/h10,12,14,17-20,23H,3,6-9,11,13H2,1-2,4-5H3/b12-10-/t17-,18-,19-,20-,21+/m1/s1. The summed E-state index contributed by atoms with van der Waals surface area (Å²) in [5, 5.41) is 10.7. The van der Waals surface area contributed by atoms with Crippen molar-refractivity contribution in [2.75, 3.05) is 0 Å². The molecular formula is C21H34O3. The number of esters is 1. The van der Waals surface area contributed by atoms with Crippen molar-refractivity contribution in [3.63, 3.8) is 0 Å². The van der Waals surface area contributed by atoms with E-state index in [2.05, 4.69) is 26.5 Å². The van der Waals surface area contributed by atoms with Crippen LogP contribution in [0.1, 0.15) is 66.2 Å². The number of rotatable bonds is 2. The molecular weight excluding hydrogens is 300 g/mol. The predicted octanol–water partition coefficient (Wildman–Crippen LogP) is 4.65. The van der Waals surface area contributed by atoms with E-state index in [0.29, 0.717) is 30.6 Å². The maximum Gasteiger partial charge on any atom is 0.303 e. The molecule has 0 heterocycles. The largest absolute Gasteiger partial charge is 0.458 e. The first-order valence-electron chi connectivity index (χ1n) is 9.46. The summed E-state index contributed by atoms with van der Waals surface area (Å²) in [6.45, 7) is 12.1. The van der Waals surface area contributed by atoms with Crippen LogP contribution in [0.15, 0.2) is 24.3 Å². The van der Waals surface area contributed by atoms with Gasteiger partial charge in [-0.15, -0.1) is 0 Å². The molecule has 3 nitrogen and oxygen atoms in total. The maximum absolute atomic E-state index is 11.4. The quantitative estimate of drug-likeness (QED) is 0.590. The summed E-state index contributed by atoms with van der Waals surface area (Å²) in [6, 6.07) is 0. The lowest BCUT2D eigenvalue weighted by molar-refractivity contribution is -0.145. The average molecular weight is 335 g/mol. The third-order valence-corrected chi connectivity index (χ3v) is 5.97. The van der Waals surface area contributed by atoms with Gasteiger partial charge in [-0.05, 0) is 74.7 Å². The van der Waals surface area contributed by atoms with Crippen molar-refractivity contribution in [1.29, 1.82) is 0 Å². The molecule has 0 aromatic heterocycles. The molecule has 2 rings (SSSR count). The van der Waals surface area contributed by atoms with E-state index in [0.717, 1.165) is 24.3 Å². The highest BCUT2D eigenvalue weighted by Crippen LogP contribution is 2.45. The van der Waals surface area contributed by atoms with E-state index >= 15 is 0 Å². The molecule has 0 amide bonds. The van der Waals surface area contributed by atoms with Gasteiger partial charge in [-0.1, -0.05) is 32.6 Å². The number of carbonyl (C=O) groups is 1. The molecule has 3 heteroatoms. The first kappa shape index (κ1) is 19.2. The molecule has 0 bridgehead atoms. The predicted molar refractivity (Wildman–Crippen MR) is 97.5 cm³/mol. The molecule has 0 saturated heterocycles. The van der Waals surface area contributed by atoms with Crippen LogP contribution >= 0.6 is 0 Å². The van der Waals surface area contributed by atoms with E-state index in [1.165, 1.54) is 19.8 Å². The number of ether oxygens (including phenoxy) is 1. The van der Waals surface area contributed by atoms with Gasteiger partial charge < -0.3 is 9.84 Å². The molecule has 0 aromatic rings. The summed E-state index contributed by atoms with van der Waals surface area (Å²) in [6.07, 6.45) is 9.62. The molecule has 2 aliphatic rings. The molecule has 0 aromatic carbocycles. The lowest BCUT2D eigenvalue weighted by atomic mass is 9.79. The zero-order valence-electron chi connectivity index (χ0n) is 15.8. The number of aliphatic hydroxyl groups is 1. The average Bonchev–Trinajstić information content (AvgIpc) is 2.88. The zero-order valence-corrected chi connectivity index (χ0v) is 15.8. The minimum Gasteiger partial charge on any atom is -0.458 e. The third kappa shape index (κ3) is 4.95. The smallest absolute Gasteiger partial charge is 0.303 e. The van der Waals surface area contributed by atoms with Gasteiger partial charge in [0.15, 0.2) is 0 Å². The van der Waals surface area contributed by atoms with Crippen LogP contribution in [0.5, 0.6) is 0 Å². The van der Waals surface area contributed by atoms with Crippen molar-refractivity contribution in [3.8, 4) is 0 Å². The van der Waals surface area contributed by atoms with Crippen molar-refractivity contribution >= 4 is 5.97 Å². The summed E-state index contributed by atoms with van der Waals surface area (Å²) >= 11 is 0. The molecule has 0 aliphatic heterocycles. The fraction of sp³-hybridized carbons (Fsp3) is 0.762. The summed E-state index contributed by atoms with van der Waals surface area (Å²) < 4.78 is 5.48. The Balaban J connectivity index is 2.22. The van der Waals surface area contributed by atoms with Gasteiger partial charge in [0.05, 0.1) is 5.60 Å². The van der Waals surface area contributed by atoms with E-state index in [-0.39, 0.29) is 12.1 Å². The highest BCUT2D eigenvalue weighted by molar-refractivity contribution is 5.66. The van der Waals surface area contributed by atoms with E-state index in [9.17, 15) is 9.90 Å². The topological polar surface area (TPSA) is 46.5 Å². The second-order valence-electron chi connectivity index (χ2n) is 8.36. The van der Waals surface area contributed by atoms with Crippen LogP contribution in [0, 0.1) is 23.7 Å². The lowest BCUT2D eigenvalue weighted by Gasteiger charge is -2.27. The molecule has 1 saturated carbocycles. The van der Waals surface area contributed by atoms with Gasteiger partial charge in [0.1, 0.15) is 6.10 Å². The van der Waals surface area contributed by atoms with Crippen LogP contribution in [-0.4, -0.2) is 22.8 Å². The van der Waals surface area contributed by atoms with Gasteiger partial charge in [-0.2, -0.15) is 0 Å². The minimum atomic E-state index is -0.858. The Kier molecular flexibility index (Phi) is 6.30. The lowest BCUT2D eigenvalue weighted by Crippen LogP contribution is -2.26. The van der Waals surface area contributed by atoms with Gasteiger partial charge in [0.2, 0.25) is 0 Å². The Hall–Kier alpha value is -1.09. The van der Waals surface area contributed by atoms with Crippen molar-refractivity contribution in [3.05, 3.63) is 24.3 Å². The fourth-order valence-electron chi connectivity index (χ4n) is 4.52. The number of fused-ring (bicyclic) bond motifs is 1. The summed E-state index contributed by atoms with van der Waals surface area (Å²) in [7, 11) is 0. The normalized spacial score (nSPS) is 39.2. The van der Waals surface area contributed by atoms with E-state index in [4.69, 9.17) is 4.74 Å². The zero-order chi connectivity index (χ0) is 17.9. The highest BCUT2D eigenvalue weighted by Gasteiger charge is 2.37. The van der Waals surface area contributed by atoms with E-state index in [1.807, 2.05) is 13.0 Å². The van der Waals surface area contributed by atoms with Crippen LogP contribution in [0.3, 0.4) is 0 Å². The van der Waals surface area contributed by atoms with Crippen molar-refractivity contribution in [1.82, 2.24) is 0 Å². The molecule has 0 spiro atoms. The molecule has 0 unspecified atom stereocenters. The SMILES string of the molecule is C=C1CC[C@H]2[C@@H](C(C)C)CC[C@@H]2/C=C\[C@](C)(O)CC[C@H]1OC(C)=O. The Bertz CT molecular complexity index is 489. The number of carbonyl (C=O) groups excluding carboxylic acids is 1. The Morgan fingerprint density at radius 2 is 2.04 bits per heavy atom. The third-order valence-electron chi connectivity index (χ3n) is 5.97. The molecule has 1 fully saturated rings. The van der Waals surface area contributed by atoms with Crippen molar-refractivity contribution in [2.24, 2.45) is 23.7 Å². The van der Waals surface area contributed by atoms with Crippen LogP contribution in [0.4, 0.5) is 0 Å². The van der Waals surface area contributed by atoms with E-state index in [1.54, 1.807) is 0 Å². The Morgan fingerprint density at radius 1 is 1.33 bits per heavy atom. The monoisotopic (exact) mass is 334 g/mol. The second-order valence-corrected chi connectivity index (χ2v) is 8.36. The number of hydrogen-bond acceptors (Lipinski definition) is 3. The van der Waals surface area contributed by atoms with Gasteiger partial charge in [0.25, 0.3) is 0 Å². The van der Waals surface area contributed by atoms with Gasteiger partial charge >= 0.3 is 5.97 Å². The first-order valence-corrected chi connectivity index (χ1v) is 9.46. The van der Waals surface area contributed by atoms with E-state index < -0.39 is 5.60 Å². The minimum absolute atomic E-state index is 0.273.